The Labute approximate surface area is 90.9 Å². The molecule has 0 radical (unpaired) electrons. The van der Waals surface area contributed by atoms with E-state index in [9.17, 15) is 0 Å². The Morgan fingerprint density at radius 1 is 1.07 bits per heavy atom. The number of hydrogen-bond acceptors (Lipinski definition) is 1. The molecule has 0 aromatic rings. The van der Waals surface area contributed by atoms with Gasteiger partial charge in [0.25, 0.3) is 0 Å². The molecule has 15 heavy (non-hydrogen) atoms. The molecule has 0 saturated heterocycles. The van der Waals surface area contributed by atoms with Gasteiger partial charge in [-0.15, -0.1) is 0 Å². The second kappa shape index (κ2) is 2.52. The molecule has 3 nitrogen and oxygen atoms in total. The van der Waals surface area contributed by atoms with Gasteiger partial charge in [0.15, 0.2) is 0 Å². The van der Waals surface area contributed by atoms with Gasteiger partial charge in [-0.3, -0.25) is 0 Å². The Bertz CT molecular complexity index is 338. The second-order valence-corrected chi connectivity index (χ2v) is 7.04. The maximum atomic E-state index is 8.75. The predicted molar refractivity (Wildman–Crippen MR) is 59.3 cm³/mol. The summed E-state index contributed by atoms with van der Waals surface area (Å²) in [5, 5.41) is 4.19. The normalized spacial score (nSPS) is 56.5. The van der Waals surface area contributed by atoms with Gasteiger partial charge >= 0.3 is 0 Å². The predicted octanol–water partition coefficient (Wildman–Crippen LogP) is 4.05. The lowest BCUT2D eigenvalue weighted by Crippen LogP contribution is -2.57. The van der Waals surface area contributed by atoms with Crippen molar-refractivity contribution in [3.63, 3.8) is 0 Å². The quantitative estimate of drug-likeness (QED) is 0.352. The molecule has 0 N–H and O–H groups in total. The molecule has 0 aromatic carbocycles. The highest BCUT2D eigenvalue weighted by atomic mass is 15.2. The molecular weight excluding hydrogens is 186 g/mol. The highest BCUT2D eigenvalue weighted by Crippen LogP contribution is 2.67. The van der Waals surface area contributed by atoms with Crippen LogP contribution in [0.3, 0.4) is 0 Å². The monoisotopic (exact) mass is 205 g/mol. The fourth-order valence-electron chi connectivity index (χ4n) is 5.59. The smallest absolute Gasteiger partial charge is 0.0501 e. The lowest BCUT2D eigenvalue weighted by atomic mass is 9.43. The van der Waals surface area contributed by atoms with Crippen LogP contribution in [0.2, 0.25) is 0 Å². The van der Waals surface area contributed by atoms with Gasteiger partial charge in [0.1, 0.15) is 0 Å². The van der Waals surface area contributed by atoms with Gasteiger partial charge in [0, 0.05) is 4.91 Å². The van der Waals surface area contributed by atoms with Crippen LogP contribution < -0.4 is 0 Å². The van der Waals surface area contributed by atoms with Crippen LogP contribution in [0.15, 0.2) is 5.11 Å². The van der Waals surface area contributed by atoms with Crippen LogP contribution in [0.1, 0.15) is 52.4 Å². The first-order valence-corrected chi connectivity index (χ1v) is 6.03. The van der Waals surface area contributed by atoms with Crippen molar-refractivity contribution in [1.29, 1.82) is 0 Å². The highest BCUT2D eigenvalue weighted by Gasteiger charge is 2.59. The van der Waals surface area contributed by atoms with E-state index < -0.39 is 0 Å². The minimum absolute atomic E-state index is 0.0162. The van der Waals surface area contributed by atoms with Crippen molar-refractivity contribution in [1.82, 2.24) is 0 Å². The molecule has 4 rings (SSSR count). The van der Waals surface area contributed by atoms with E-state index in [-0.39, 0.29) is 5.54 Å². The summed E-state index contributed by atoms with van der Waals surface area (Å²) in [7, 11) is 0. The standard InChI is InChI=1S/C12H19N3/c1-10-3-9-4-11(2,6-10)8-12(5-9,7-10)14-15-13/h9H,3-8H2,1-2H3/t9?,10-,11-,12?/m0/s1. The summed E-state index contributed by atoms with van der Waals surface area (Å²) >= 11 is 0. The Balaban J connectivity index is 2.05. The third-order valence-corrected chi connectivity index (χ3v) is 4.85. The van der Waals surface area contributed by atoms with E-state index in [1.54, 1.807) is 0 Å². The fraction of sp³-hybridized carbons (Fsp3) is 1.00. The van der Waals surface area contributed by atoms with Gasteiger partial charge in [0.2, 0.25) is 0 Å². The van der Waals surface area contributed by atoms with Crippen LogP contribution in [0.4, 0.5) is 0 Å². The Hall–Kier alpha value is -0.690. The maximum absolute atomic E-state index is 8.75. The summed E-state index contributed by atoms with van der Waals surface area (Å²) < 4.78 is 0. The van der Waals surface area contributed by atoms with Crippen molar-refractivity contribution < 1.29 is 0 Å². The fourth-order valence-corrected chi connectivity index (χ4v) is 5.59. The number of azide groups is 1. The molecule has 4 aliphatic rings. The molecule has 2 atom stereocenters. The molecule has 0 spiro atoms. The lowest BCUT2D eigenvalue weighted by molar-refractivity contribution is -0.104. The zero-order valence-corrected chi connectivity index (χ0v) is 9.66. The van der Waals surface area contributed by atoms with Crippen LogP contribution in [0, 0.1) is 16.7 Å². The van der Waals surface area contributed by atoms with E-state index in [0.717, 1.165) is 25.2 Å². The molecule has 4 bridgehead atoms. The molecule has 4 aliphatic carbocycles. The lowest BCUT2D eigenvalue weighted by Gasteiger charge is -2.64. The van der Waals surface area contributed by atoms with E-state index in [0.29, 0.717) is 10.8 Å². The molecule has 0 aliphatic heterocycles. The maximum Gasteiger partial charge on any atom is 0.0501 e. The summed E-state index contributed by atoms with van der Waals surface area (Å²) in [6.07, 6.45) is 7.50. The van der Waals surface area contributed by atoms with Gasteiger partial charge in [-0.1, -0.05) is 19.0 Å². The third kappa shape index (κ3) is 1.29. The molecule has 0 heterocycles. The van der Waals surface area contributed by atoms with Crippen molar-refractivity contribution in [3.8, 4) is 0 Å². The van der Waals surface area contributed by atoms with Crippen LogP contribution in [-0.4, -0.2) is 5.54 Å². The van der Waals surface area contributed by atoms with Crippen LogP contribution in [0.25, 0.3) is 10.4 Å². The zero-order chi connectivity index (χ0) is 10.7. The van der Waals surface area contributed by atoms with Gasteiger partial charge < -0.3 is 0 Å². The Morgan fingerprint density at radius 3 is 2.13 bits per heavy atom. The summed E-state index contributed by atoms with van der Waals surface area (Å²) in [6, 6.07) is 0. The highest BCUT2D eigenvalue weighted by molar-refractivity contribution is 5.14. The molecular formula is C12H19N3. The number of hydrogen-bond donors (Lipinski definition) is 0. The average Bonchev–Trinajstić information content (AvgIpc) is 1.94. The third-order valence-electron chi connectivity index (χ3n) is 4.85. The summed E-state index contributed by atoms with van der Waals surface area (Å²) in [5.74, 6) is 0.821. The van der Waals surface area contributed by atoms with Crippen molar-refractivity contribution in [3.05, 3.63) is 10.4 Å². The largest absolute Gasteiger partial charge is 0.0872 e. The Kier molecular flexibility index (Phi) is 1.60. The van der Waals surface area contributed by atoms with Crippen molar-refractivity contribution in [2.45, 2.75) is 57.9 Å². The molecule has 82 valence electrons. The summed E-state index contributed by atoms with van der Waals surface area (Å²) in [5.41, 5.74) is 9.66. The topological polar surface area (TPSA) is 48.8 Å². The number of nitrogens with zero attached hydrogens (tertiary/aromatic N) is 3. The number of rotatable bonds is 1. The van der Waals surface area contributed by atoms with Crippen LogP contribution in [-0.2, 0) is 0 Å². The van der Waals surface area contributed by atoms with E-state index in [2.05, 4.69) is 23.9 Å². The first-order chi connectivity index (χ1) is 6.97. The molecule has 0 unspecified atom stereocenters. The SMILES string of the molecule is C[C@@]12CC3CC(N=[N+]=[N-])(C1)C[C@@](C)(C3)C2. The van der Waals surface area contributed by atoms with E-state index in [4.69, 9.17) is 5.53 Å². The molecule has 0 aromatic heterocycles. The first-order valence-electron chi connectivity index (χ1n) is 6.03. The summed E-state index contributed by atoms with van der Waals surface area (Å²) in [4.78, 5) is 3.11. The van der Waals surface area contributed by atoms with Crippen LogP contribution >= 0.6 is 0 Å². The molecule has 3 heteroatoms. The Morgan fingerprint density at radius 2 is 1.67 bits per heavy atom. The van der Waals surface area contributed by atoms with Crippen molar-refractivity contribution in [2.75, 3.05) is 0 Å². The summed E-state index contributed by atoms with van der Waals surface area (Å²) in [6.45, 7) is 4.80. The van der Waals surface area contributed by atoms with E-state index in [1.807, 2.05) is 0 Å². The molecule has 4 fully saturated rings. The van der Waals surface area contributed by atoms with Crippen molar-refractivity contribution >= 4 is 0 Å². The van der Waals surface area contributed by atoms with E-state index in [1.165, 1.54) is 19.3 Å². The van der Waals surface area contributed by atoms with Gasteiger partial charge in [-0.05, 0) is 60.8 Å². The van der Waals surface area contributed by atoms with Crippen molar-refractivity contribution in [2.24, 2.45) is 21.9 Å². The molecule has 0 amide bonds. The first kappa shape index (κ1) is 9.53. The van der Waals surface area contributed by atoms with E-state index >= 15 is 0 Å². The van der Waals surface area contributed by atoms with Gasteiger partial charge in [0.05, 0.1) is 5.54 Å². The second-order valence-electron chi connectivity index (χ2n) is 7.04. The van der Waals surface area contributed by atoms with Gasteiger partial charge in [-0.25, -0.2) is 0 Å². The minimum atomic E-state index is -0.0162. The average molecular weight is 205 g/mol. The zero-order valence-electron chi connectivity index (χ0n) is 9.66. The minimum Gasteiger partial charge on any atom is -0.0872 e. The molecule has 4 saturated carbocycles. The van der Waals surface area contributed by atoms with Crippen LogP contribution in [0.5, 0.6) is 0 Å². The van der Waals surface area contributed by atoms with Gasteiger partial charge in [-0.2, -0.15) is 0 Å².